The molecule has 1 fully saturated rings. The van der Waals surface area contributed by atoms with Crippen LogP contribution in [0.1, 0.15) is 56.9 Å². The molecule has 1 N–H and O–H groups in total. The second-order valence-corrected chi connectivity index (χ2v) is 10.1. The first kappa shape index (κ1) is 25.2. The molecule has 174 valence electrons. The molecular formula is C21H28F3NO5S. The zero-order valence-corrected chi connectivity index (χ0v) is 18.2. The Morgan fingerprint density at radius 2 is 1.94 bits per heavy atom. The number of unbranched alkanes of at least 4 members (excludes halogenated alkanes) is 2. The summed E-state index contributed by atoms with van der Waals surface area (Å²) in [5.41, 5.74) is 0.493. The Morgan fingerprint density at radius 3 is 2.61 bits per heavy atom. The number of carbonyl (C=O) groups excluding carboxylic acids is 2. The molecule has 1 unspecified atom stereocenters. The van der Waals surface area contributed by atoms with E-state index in [1.165, 1.54) is 12.1 Å². The first-order valence-corrected chi connectivity index (χ1v) is 12.1. The highest BCUT2D eigenvalue weighted by Gasteiger charge is 2.26. The highest BCUT2D eigenvalue weighted by atomic mass is 32.2. The van der Waals surface area contributed by atoms with Crippen molar-refractivity contribution in [2.75, 3.05) is 18.1 Å². The third-order valence-electron chi connectivity index (χ3n) is 5.25. The van der Waals surface area contributed by atoms with Crippen molar-refractivity contribution in [1.29, 1.82) is 0 Å². The number of hydrogen-bond acceptors (Lipinski definition) is 5. The maximum atomic E-state index is 13.7. The lowest BCUT2D eigenvalue weighted by atomic mass is 9.92. The molecule has 31 heavy (non-hydrogen) atoms. The minimum atomic E-state index is -3.38. The van der Waals surface area contributed by atoms with Gasteiger partial charge in [0.15, 0.2) is 21.4 Å². The molecule has 0 aromatic heterocycles. The summed E-state index contributed by atoms with van der Waals surface area (Å²) >= 11 is 0. The van der Waals surface area contributed by atoms with E-state index < -0.39 is 34.6 Å². The lowest BCUT2D eigenvalue weighted by Crippen LogP contribution is -2.40. The predicted molar refractivity (Wildman–Crippen MR) is 109 cm³/mol. The van der Waals surface area contributed by atoms with Gasteiger partial charge in [0.05, 0.1) is 11.5 Å². The number of amides is 2. The first-order chi connectivity index (χ1) is 14.6. The average Bonchev–Trinajstić information content (AvgIpc) is 2.68. The van der Waals surface area contributed by atoms with Gasteiger partial charge < -0.3 is 4.74 Å². The highest BCUT2D eigenvalue weighted by Crippen LogP contribution is 2.26. The minimum absolute atomic E-state index is 0.0113. The molecule has 2 amide bonds. The number of imide groups is 1. The van der Waals surface area contributed by atoms with E-state index in [1.54, 1.807) is 6.92 Å². The van der Waals surface area contributed by atoms with Crippen LogP contribution in [0.5, 0.6) is 5.75 Å². The van der Waals surface area contributed by atoms with E-state index in [0.29, 0.717) is 44.1 Å². The van der Waals surface area contributed by atoms with E-state index in [1.807, 2.05) is 0 Å². The number of benzene rings is 1. The van der Waals surface area contributed by atoms with Crippen LogP contribution in [0.25, 0.3) is 0 Å². The highest BCUT2D eigenvalue weighted by molar-refractivity contribution is 7.91. The van der Waals surface area contributed by atoms with Crippen molar-refractivity contribution in [3.63, 3.8) is 0 Å². The number of rotatable bonds is 12. The number of piperidine rings is 1. The molecule has 0 aliphatic carbocycles. The van der Waals surface area contributed by atoms with Gasteiger partial charge >= 0.3 is 0 Å². The Morgan fingerprint density at radius 1 is 1.19 bits per heavy atom. The fraction of sp³-hybridized carbons (Fsp3) is 0.619. The predicted octanol–water partition coefficient (Wildman–Crippen LogP) is 3.60. The SMILES string of the molecule is C[C@@H](CS(=O)(=O)CCCCCC1CCC(=O)NC1=O)c1ccc(F)c(OCC(F)F)c1. The Bertz CT molecular complexity index is 876. The number of sulfone groups is 1. The molecule has 1 aromatic carbocycles. The number of halogens is 3. The molecule has 1 saturated heterocycles. The van der Waals surface area contributed by atoms with Gasteiger partial charge in [0, 0.05) is 12.3 Å². The fourth-order valence-corrected chi connectivity index (χ4v) is 5.32. The summed E-state index contributed by atoms with van der Waals surface area (Å²) in [6, 6.07) is 3.76. The van der Waals surface area contributed by atoms with E-state index in [-0.39, 0.29) is 35.0 Å². The number of ether oxygens (including phenoxy) is 1. The second-order valence-electron chi connectivity index (χ2n) is 7.90. The Labute approximate surface area is 180 Å². The normalized spacial score (nSPS) is 18.2. The molecule has 1 aliphatic heterocycles. The van der Waals surface area contributed by atoms with E-state index in [4.69, 9.17) is 4.74 Å². The molecule has 0 spiro atoms. The van der Waals surface area contributed by atoms with Crippen LogP contribution < -0.4 is 10.1 Å². The maximum Gasteiger partial charge on any atom is 0.272 e. The minimum Gasteiger partial charge on any atom is -0.485 e. The molecule has 0 radical (unpaired) electrons. The molecule has 1 heterocycles. The van der Waals surface area contributed by atoms with Crippen LogP contribution in [0.2, 0.25) is 0 Å². The Kier molecular flexibility index (Phi) is 9.33. The summed E-state index contributed by atoms with van der Waals surface area (Å²) in [6.45, 7) is 0.733. The quantitative estimate of drug-likeness (QED) is 0.378. The monoisotopic (exact) mass is 463 g/mol. The number of hydrogen-bond donors (Lipinski definition) is 1. The van der Waals surface area contributed by atoms with E-state index in [2.05, 4.69) is 5.32 Å². The van der Waals surface area contributed by atoms with Crippen LogP contribution in [0.3, 0.4) is 0 Å². The van der Waals surface area contributed by atoms with Gasteiger partial charge in [-0.05, 0) is 42.9 Å². The third-order valence-corrected chi connectivity index (χ3v) is 7.17. The molecule has 2 rings (SSSR count). The lowest BCUT2D eigenvalue weighted by Gasteiger charge is -2.20. The summed E-state index contributed by atoms with van der Waals surface area (Å²) in [6.07, 6.45) is 0.535. The molecule has 0 bridgehead atoms. The Hall–Kier alpha value is -2.10. The molecule has 0 saturated carbocycles. The zero-order chi connectivity index (χ0) is 23.0. The maximum absolute atomic E-state index is 13.7. The third kappa shape index (κ3) is 8.51. The van der Waals surface area contributed by atoms with Crippen molar-refractivity contribution in [3.8, 4) is 5.75 Å². The van der Waals surface area contributed by atoms with E-state index in [0.717, 1.165) is 6.07 Å². The van der Waals surface area contributed by atoms with Crippen molar-refractivity contribution < 1.29 is 35.9 Å². The molecular weight excluding hydrogens is 435 g/mol. The summed E-state index contributed by atoms with van der Waals surface area (Å²) in [7, 11) is -3.38. The summed E-state index contributed by atoms with van der Waals surface area (Å²) in [5, 5.41) is 2.31. The standard InChI is InChI=1S/C21H28F3NO5S/c1-14(16-6-8-17(22)18(11-16)30-12-19(23)24)13-31(28,29)10-4-2-3-5-15-7-9-20(26)25-21(15)27/h6,8,11,14-15,19H,2-5,7,9-10,12-13H2,1H3,(H,25,26,27)/t14-,15?/m0/s1. The van der Waals surface area contributed by atoms with Crippen LogP contribution in [0, 0.1) is 11.7 Å². The van der Waals surface area contributed by atoms with Gasteiger partial charge in [0.1, 0.15) is 6.61 Å². The summed E-state index contributed by atoms with van der Waals surface area (Å²) in [4.78, 5) is 22.8. The topological polar surface area (TPSA) is 89.5 Å². The molecule has 1 aliphatic rings. The second kappa shape index (κ2) is 11.5. The largest absolute Gasteiger partial charge is 0.485 e. The molecule has 6 nitrogen and oxygen atoms in total. The summed E-state index contributed by atoms with van der Waals surface area (Å²) in [5.74, 6) is -2.43. The molecule has 1 aromatic rings. The van der Waals surface area contributed by atoms with Gasteiger partial charge in [-0.3, -0.25) is 14.9 Å². The fourth-order valence-electron chi connectivity index (χ4n) is 3.55. The number of nitrogens with one attached hydrogen (secondary N) is 1. The van der Waals surface area contributed by atoms with Gasteiger partial charge in [-0.1, -0.05) is 25.8 Å². The van der Waals surface area contributed by atoms with Crippen molar-refractivity contribution >= 4 is 21.7 Å². The van der Waals surface area contributed by atoms with Crippen molar-refractivity contribution in [1.82, 2.24) is 5.32 Å². The molecule has 2 atom stereocenters. The average molecular weight is 464 g/mol. The van der Waals surface area contributed by atoms with Crippen LogP contribution in [0.4, 0.5) is 13.2 Å². The van der Waals surface area contributed by atoms with E-state index in [9.17, 15) is 31.2 Å². The van der Waals surface area contributed by atoms with Crippen LogP contribution in [0.15, 0.2) is 18.2 Å². The van der Waals surface area contributed by atoms with Gasteiger partial charge in [0.25, 0.3) is 6.43 Å². The number of carbonyl (C=O) groups is 2. The number of alkyl halides is 2. The smallest absolute Gasteiger partial charge is 0.272 e. The lowest BCUT2D eigenvalue weighted by molar-refractivity contribution is -0.136. The van der Waals surface area contributed by atoms with Crippen molar-refractivity contribution in [2.45, 2.75) is 57.8 Å². The zero-order valence-electron chi connectivity index (χ0n) is 17.4. The van der Waals surface area contributed by atoms with Crippen molar-refractivity contribution in [2.24, 2.45) is 5.92 Å². The Balaban J connectivity index is 1.78. The van der Waals surface area contributed by atoms with Crippen LogP contribution in [-0.4, -0.2) is 44.8 Å². The van der Waals surface area contributed by atoms with Crippen LogP contribution >= 0.6 is 0 Å². The van der Waals surface area contributed by atoms with Gasteiger partial charge in [-0.2, -0.15) is 0 Å². The van der Waals surface area contributed by atoms with Crippen molar-refractivity contribution in [3.05, 3.63) is 29.6 Å². The first-order valence-electron chi connectivity index (χ1n) is 10.3. The van der Waals surface area contributed by atoms with E-state index >= 15 is 0 Å². The molecule has 10 heteroatoms. The summed E-state index contributed by atoms with van der Waals surface area (Å²) < 4.78 is 67.9. The van der Waals surface area contributed by atoms with Gasteiger partial charge in [-0.15, -0.1) is 0 Å². The van der Waals surface area contributed by atoms with Crippen LogP contribution in [-0.2, 0) is 19.4 Å². The van der Waals surface area contributed by atoms with Gasteiger partial charge in [0.2, 0.25) is 11.8 Å². The van der Waals surface area contributed by atoms with Gasteiger partial charge in [-0.25, -0.2) is 21.6 Å².